The Hall–Kier alpha value is -6.92. The summed E-state index contributed by atoms with van der Waals surface area (Å²) in [5.74, 6) is -1.67. The molecule has 2 saturated heterocycles. The standard InChI is InChI=1S/C30H25Cl2N3O5.C23H19Cl2N3O5/c31-21-11-9-19(17-22(21)32)10-12-24(36)27-28(39-18-20-5-2-1-3-6-20)30(37)35-29(33-27)26-23(7-4-8-25(26)40-35)34-13-15-38-16-14-34;24-14-6-4-13(12-15(14)25)5-7-17(29)20-21(30)23(31)28-22(26-20)19-16(2-1-3-18(19)33-28)27-8-10-32-11-9-27/h1-9,11,17H,10,12-16,18H2;1-4,6,12,30H,5,7-11H2. The Morgan fingerprint density at radius 1 is 0.562 bits per heavy atom. The van der Waals surface area contributed by atoms with Gasteiger partial charge in [-0.2, -0.15) is 0 Å². The number of hydrogen-bond donors (Lipinski definition) is 1. The Morgan fingerprint density at radius 3 is 1.55 bits per heavy atom. The van der Waals surface area contributed by atoms with Crippen LogP contribution in [0, 0.1) is 0 Å². The van der Waals surface area contributed by atoms with Gasteiger partial charge < -0.3 is 38.2 Å². The maximum Gasteiger partial charge on any atom is 0.330 e. The number of benzene rings is 5. The number of Topliss-reactive ketones (excluding diaryl/α,β-unsaturated/α-hetero) is 2. The molecule has 20 heteroatoms. The van der Waals surface area contributed by atoms with E-state index in [0.717, 1.165) is 37.2 Å². The van der Waals surface area contributed by atoms with Crippen molar-refractivity contribution in [3.63, 3.8) is 0 Å². The van der Waals surface area contributed by atoms with Gasteiger partial charge in [-0.3, -0.25) is 19.2 Å². The molecule has 0 radical (unpaired) electrons. The van der Waals surface area contributed by atoms with Gasteiger partial charge in [0.15, 0.2) is 45.4 Å². The second kappa shape index (κ2) is 21.7. The highest BCUT2D eigenvalue weighted by molar-refractivity contribution is 6.42. The minimum Gasteiger partial charge on any atom is -0.501 e. The number of ether oxygens (including phenoxy) is 3. The van der Waals surface area contributed by atoms with Crippen molar-refractivity contribution in [2.45, 2.75) is 32.3 Å². The van der Waals surface area contributed by atoms with Gasteiger partial charge in [0.2, 0.25) is 11.5 Å². The van der Waals surface area contributed by atoms with Gasteiger partial charge in [-0.1, -0.05) is 101 Å². The maximum atomic E-state index is 13.8. The highest BCUT2D eigenvalue weighted by Crippen LogP contribution is 2.35. The lowest BCUT2D eigenvalue weighted by atomic mass is 10.1. The normalized spacial score (nSPS) is 14.0. The van der Waals surface area contributed by atoms with Gasteiger partial charge in [0, 0.05) is 39.0 Å². The quantitative estimate of drug-likeness (QED) is 0.108. The van der Waals surface area contributed by atoms with Crippen molar-refractivity contribution in [2.75, 3.05) is 62.4 Å². The molecule has 0 amide bonds. The first-order valence-corrected chi connectivity index (χ1v) is 24.9. The third-order valence-corrected chi connectivity index (χ3v) is 14.0. The Balaban J connectivity index is 0.000000171. The number of nitrogens with zero attached hydrogens (tertiary/aromatic N) is 6. The average molecular weight is 1070 g/mol. The molecule has 0 saturated carbocycles. The Morgan fingerprint density at radius 2 is 1.04 bits per heavy atom. The van der Waals surface area contributed by atoms with Crippen molar-refractivity contribution in [3.05, 3.63) is 172 Å². The van der Waals surface area contributed by atoms with Crippen LogP contribution in [0.1, 0.15) is 50.5 Å². The van der Waals surface area contributed by atoms with E-state index in [9.17, 15) is 24.3 Å². The largest absolute Gasteiger partial charge is 0.501 e. The molecule has 2 aliphatic rings. The summed E-state index contributed by atoms with van der Waals surface area (Å²) in [4.78, 5) is 66.6. The molecule has 73 heavy (non-hydrogen) atoms. The fraction of sp³-hybridized carbons (Fsp3) is 0.245. The zero-order valence-electron chi connectivity index (χ0n) is 38.8. The molecule has 4 aromatic heterocycles. The molecule has 0 atom stereocenters. The van der Waals surface area contributed by atoms with Crippen LogP contribution in [0.3, 0.4) is 0 Å². The van der Waals surface area contributed by atoms with Gasteiger partial charge in [0.1, 0.15) is 6.61 Å². The van der Waals surface area contributed by atoms with Crippen molar-refractivity contribution in [1.82, 2.24) is 19.1 Å². The van der Waals surface area contributed by atoms with E-state index in [2.05, 4.69) is 14.8 Å². The van der Waals surface area contributed by atoms with Crippen LogP contribution in [0.4, 0.5) is 11.4 Å². The molecular weight excluding hydrogens is 1020 g/mol. The number of carbonyl (C=O) groups excluding carboxylic acids is 2. The van der Waals surface area contributed by atoms with Crippen molar-refractivity contribution in [3.8, 4) is 11.5 Å². The molecule has 1 N–H and O–H groups in total. The first-order chi connectivity index (χ1) is 35.4. The van der Waals surface area contributed by atoms with E-state index in [1.165, 1.54) is 0 Å². The summed E-state index contributed by atoms with van der Waals surface area (Å²) < 4.78 is 30.6. The zero-order valence-corrected chi connectivity index (χ0v) is 41.8. The van der Waals surface area contributed by atoms with Crippen molar-refractivity contribution >= 4 is 103 Å². The summed E-state index contributed by atoms with van der Waals surface area (Å²) in [5.41, 5.74) is 3.85. The van der Waals surface area contributed by atoms with Crippen LogP contribution in [0.5, 0.6) is 11.5 Å². The Labute approximate surface area is 435 Å². The second-order valence-corrected chi connectivity index (χ2v) is 18.9. The van der Waals surface area contributed by atoms with Crippen molar-refractivity contribution in [2.24, 2.45) is 0 Å². The molecule has 0 spiro atoms. The molecule has 5 aromatic carbocycles. The second-order valence-electron chi connectivity index (χ2n) is 17.2. The third kappa shape index (κ3) is 10.4. The van der Waals surface area contributed by atoms with Crippen molar-refractivity contribution < 1.29 is 38.0 Å². The molecular formula is C53H44Cl4N6O10. The topological polar surface area (TPSA) is 184 Å². The number of hydrogen-bond acceptors (Lipinski definition) is 14. The number of halogens is 4. The van der Waals surface area contributed by atoms with Crippen LogP contribution in [-0.4, -0.2) is 88.4 Å². The van der Waals surface area contributed by atoms with Gasteiger partial charge in [-0.05, 0) is 78.1 Å². The molecule has 374 valence electrons. The van der Waals surface area contributed by atoms with Crippen LogP contribution in [-0.2, 0) is 28.9 Å². The van der Waals surface area contributed by atoms with Crippen LogP contribution in [0.15, 0.2) is 122 Å². The summed E-state index contributed by atoms with van der Waals surface area (Å²) in [5, 5.41) is 13.4. The number of fused-ring (bicyclic) bond motifs is 6. The smallest absolute Gasteiger partial charge is 0.330 e. The summed E-state index contributed by atoms with van der Waals surface area (Å²) in [6.45, 7) is 5.17. The zero-order chi connectivity index (χ0) is 50.8. The maximum absolute atomic E-state index is 13.8. The third-order valence-electron chi connectivity index (χ3n) is 12.6. The number of rotatable bonds is 13. The highest BCUT2D eigenvalue weighted by atomic mass is 35.5. The summed E-state index contributed by atoms with van der Waals surface area (Å²) >= 11 is 24.2. The lowest BCUT2D eigenvalue weighted by Gasteiger charge is -2.29. The average Bonchev–Trinajstić information content (AvgIpc) is 4.00. The monoisotopic (exact) mass is 1060 g/mol. The van der Waals surface area contributed by atoms with Gasteiger partial charge in [0.05, 0.1) is 68.7 Å². The lowest BCUT2D eigenvalue weighted by Crippen LogP contribution is -2.36. The number of aromatic nitrogens is 4. The van der Waals surface area contributed by atoms with Crippen molar-refractivity contribution in [1.29, 1.82) is 0 Å². The molecule has 11 rings (SSSR count). The number of aryl methyl sites for hydroxylation is 2. The first kappa shape index (κ1) is 49.6. The molecule has 0 bridgehead atoms. The Kier molecular flexibility index (Phi) is 14.7. The molecule has 16 nitrogen and oxygen atoms in total. The van der Waals surface area contributed by atoms with Crippen LogP contribution in [0.2, 0.25) is 20.1 Å². The lowest BCUT2D eigenvalue weighted by molar-refractivity contribution is 0.0965. The fourth-order valence-corrected chi connectivity index (χ4v) is 9.47. The molecule has 6 heterocycles. The van der Waals surface area contributed by atoms with E-state index in [1.807, 2.05) is 60.7 Å². The predicted octanol–water partition coefficient (Wildman–Crippen LogP) is 10.1. The van der Waals surface area contributed by atoms with E-state index >= 15 is 0 Å². The SMILES string of the molecule is O=C(CCc1ccc(Cl)c(Cl)c1)c1nc2c3c(N4CCOCC4)cccc3on2c(=O)c1O.O=C(CCc1ccc(Cl)c(Cl)c1)c1nc2c3c(N4CCOCC4)cccc3on2c(=O)c1OCc1ccccc1. The number of morpholine rings is 2. The van der Waals surface area contributed by atoms with Gasteiger partial charge >= 0.3 is 11.1 Å². The first-order valence-electron chi connectivity index (χ1n) is 23.4. The number of carbonyl (C=O) groups is 2. The van der Waals surface area contributed by atoms with E-state index < -0.39 is 22.7 Å². The minimum atomic E-state index is -0.831. The van der Waals surface area contributed by atoms with Gasteiger partial charge in [-0.15, -0.1) is 9.15 Å². The summed E-state index contributed by atoms with van der Waals surface area (Å²) in [6, 6.07) is 30.8. The predicted molar refractivity (Wildman–Crippen MR) is 279 cm³/mol. The number of anilines is 2. The van der Waals surface area contributed by atoms with Gasteiger partial charge in [-0.25, -0.2) is 9.97 Å². The van der Waals surface area contributed by atoms with E-state index in [0.29, 0.717) is 107 Å². The molecule has 2 fully saturated rings. The number of aromatic hydroxyl groups is 1. The van der Waals surface area contributed by atoms with Crippen LogP contribution >= 0.6 is 46.4 Å². The van der Waals surface area contributed by atoms with Crippen LogP contribution < -0.4 is 25.7 Å². The highest BCUT2D eigenvalue weighted by Gasteiger charge is 2.28. The Bertz CT molecular complexity index is 3680. The molecule has 2 aliphatic heterocycles. The minimum absolute atomic E-state index is 0.0273. The van der Waals surface area contributed by atoms with E-state index in [1.54, 1.807) is 42.5 Å². The summed E-state index contributed by atoms with van der Waals surface area (Å²) in [6.07, 6.45) is 0.857. The number of ketones is 2. The summed E-state index contributed by atoms with van der Waals surface area (Å²) in [7, 11) is 0. The van der Waals surface area contributed by atoms with E-state index in [4.69, 9.17) is 74.6 Å². The molecule has 0 unspecified atom stereocenters. The molecule has 0 aliphatic carbocycles. The van der Waals surface area contributed by atoms with E-state index in [-0.39, 0.29) is 53.7 Å². The fourth-order valence-electron chi connectivity index (χ4n) is 8.83. The molecule has 9 aromatic rings. The van der Waals surface area contributed by atoms with Crippen LogP contribution in [0.25, 0.3) is 33.2 Å². The van der Waals surface area contributed by atoms with Gasteiger partial charge in [0.25, 0.3) is 0 Å².